The lowest BCUT2D eigenvalue weighted by Gasteiger charge is -2.23. The Morgan fingerprint density at radius 1 is 1.42 bits per heavy atom. The Morgan fingerprint density at radius 2 is 1.83 bits per heavy atom. The molecule has 0 saturated carbocycles. The molecule has 0 spiro atoms. The van der Waals surface area contributed by atoms with Gasteiger partial charge in [0.25, 0.3) is 0 Å². The highest BCUT2D eigenvalue weighted by Gasteiger charge is 2.46. The number of aliphatic hydroxyl groups excluding tert-OH is 1. The van der Waals surface area contributed by atoms with E-state index in [2.05, 4.69) is 0 Å². The van der Waals surface area contributed by atoms with Crippen LogP contribution in [-0.4, -0.2) is 44.1 Å². The van der Waals surface area contributed by atoms with Gasteiger partial charge >= 0.3 is 11.9 Å². The Balaban J connectivity index is 4.75. The van der Waals surface area contributed by atoms with E-state index in [1.165, 1.54) is 6.92 Å². The summed E-state index contributed by atoms with van der Waals surface area (Å²) in [7, 11) is 0. The number of aliphatic hydroxyl groups is 2. The highest BCUT2D eigenvalue weighted by molar-refractivity contribution is 5.86. The van der Waals surface area contributed by atoms with Crippen LogP contribution in [0.5, 0.6) is 0 Å². The van der Waals surface area contributed by atoms with Crippen molar-refractivity contribution < 1.29 is 30.0 Å². The molecule has 0 rings (SSSR count). The monoisotopic (exact) mass is 178 g/mol. The van der Waals surface area contributed by atoms with E-state index in [0.717, 1.165) is 0 Å². The van der Waals surface area contributed by atoms with Crippen molar-refractivity contribution in [3.63, 3.8) is 0 Å². The number of carbonyl (C=O) groups is 2. The Kier molecular flexibility index (Phi) is 3.17. The molecule has 0 aromatic heterocycles. The molecule has 0 aliphatic heterocycles. The van der Waals surface area contributed by atoms with E-state index in [0.29, 0.717) is 0 Å². The van der Waals surface area contributed by atoms with Crippen LogP contribution in [0.1, 0.15) is 13.3 Å². The summed E-state index contributed by atoms with van der Waals surface area (Å²) in [6.45, 7) is 1.26. The minimum absolute atomic E-state index is 0.379. The Morgan fingerprint density at radius 3 is 1.92 bits per heavy atom. The highest BCUT2D eigenvalue weighted by Crippen LogP contribution is 2.15. The van der Waals surface area contributed by atoms with Gasteiger partial charge in [0, 0.05) is 0 Å². The molecule has 0 saturated heterocycles. The molecule has 6 heteroatoms. The third-order valence-electron chi connectivity index (χ3n) is 1.60. The van der Waals surface area contributed by atoms with Gasteiger partial charge in [0.05, 0.1) is 0 Å². The van der Waals surface area contributed by atoms with Crippen LogP contribution in [0.3, 0.4) is 0 Å². The predicted octanol–water partition coefficient (Wildman–Crippen LogP) is -1.34. The van der Waals surface area contributed by atoms with Crippen LogP contribution in [0.15, 0.2) is 0 Å². The van der Waals surface area contributed by atoms with Crippen LogP contribution >= 0.6 is 0 Å². The Labute approximate surface area is 68.1 Å². The number of carboxylic acids is 2. The van der Waals surface area contributed by atoms with E-state index >= 15 is 0 Å². The molecule has 12 heavy (non-hydrogen) atoms. The SMILES string of the molecule is CC[C@](O)(C(=O)O)[C@@H](O)C(=O)O. The summed E-state index contributed by atoms with van der Waals surface area (Å²) in [4.78, 5) is 20.5. The summed E-state index contributed by atoms with van der Waals surface area (Å²) < 4.78 is 0. The van der Waals surface area contributed by atoms with Crippen LogP contribution in [-0.2, 0) is 9.59 Å². The lowest BCUT2D eigenvalue weighted by Crippen LogP contribution is -2.52. The zero-order valence-corrected chi connectivity index (χ0v) is 6.39. The standard InChI is InChI=1S/C6H10O6/c1-2-6(12,5(10)11)3(7)4(8)9/h3,7,12H,2H2,1H3,(H,8,9)(H,10,11)/t3-,6+/m0/s1. The zero-order chi connectivity index (χ0) is 9.94. The van der Waals surface area contributed by atoms with E-state index < -0.39 is 23.6 Å². The Hall–Kier alpha value is -1.14. The quantitative estimate of drug-likeness (QED) is 0.423. The van der Waals surface area contributed by atoms with Gasteiger partial charge in [0.1, 0.15) is 0 Å². The second kappa shape index (κ2) is 3.51. The summed E-state index contributed by atoms with van der Waals surface area (Å²) >= 11 is 0. The van der Waals surface area contributed by atoms with E-state index in [9.17, 15) is 9.59 Å². The van der Waals surface area contributed by atoms with Crippen LogP contribution in [0.2, 0.25) is 0 Å². The van der Waals surface area contributed by atoms with E-state index in [-0.39, 0.29) is 6.42 Å². The van der Waals surface area contributed by atoms with Gasteiger partial charge in [0.15, 0.2) is 11.7 Å². The molecule has 0 bridgehead atoms. The molecular weight excluding hydrogens is 168 g/mol. The largest absolute Gasteiger partial charge is 0.479 e. The zero-order valence-electron chi connectivity index (χ0n) is 6.39. The van der Waals surface area contributed by atoms with Gasteiger partial charge in [-0.1, -0.05) is 6.92 Å². The fraction of sp³-hybridized carbons (Fsp3) is 0.667. The van der Waals surface area contributed by atoms with Crippen LogP contribution in [0.4, 0.5) is 0 Å². The van der Waals surface area contributed by atoms with Gasteiger partial charge in [-0.25, -0.2) is 9.59 Å². The molecule has 0 radical (unpaired) electrons. The third-order valence-corrected chi connectivity index (χ3v) is 1.60. The maximum atomic E-state index is 10.3. The van der Waals surface area contributed by atoms with E-state index in [4.69, 9.17) is 20.4 Å². The summed E-state index contributed by atoms with van der Waals surface area (Å²) in [6.07, 6.45) is -2.68. The molecule has 4 N–H and O–H groups in total. The summed E-state index contributed by atoms with van der Waals surface area (Å²) in [5.74, 6) is -3.51. The number of hydrogen-bond acceptors (Lipinski definition) is 4. The first-order valence-corrected chi connectivity index (χ1v) is 3.23. The fourth-order valence-corrected chi connectivity index (χ4v) is 0.666. The summed E-state index contributed by atoms with van der Waals surface area (Å²) in [5, 5.41) is 34.5. The van der Waals surface area contributed by atoms with Gasteiger partial charge in [-0.15, -0.1) is 0 Å². The van der Waals surface area contributed by atoms with Crippen molar-refractivity contribution in [1.29, 1.82) is 0 Å². The number of aliphatic carboxylic acids is 2. The molecule has 0 amide bonds. The van der Waals surface area contributed by atoms with Crippen LogP contribution < -0.4 is 0 Å². The Bertz CT molecular complexity index is 200. The molecule has 0 fully saturated rings. The molecule has 2 atom stereocenters. The molecule has 70 valence electrons. The van der Waals surface area contributed by atoms with Gasteiger partial charge in [0.2, 0.25) is 0 Å². The second-order valence-electron chi connectivity index (χ2n) is 2.32. The average Bonchev–Trinajstić information content (AvgIpc) is 2.01. The fourth-order valence-electron chi connectivity index (χ4n) is 0.666. The van der Waals surface area contributed by atoms with Gasteiger partial charge in [-0.05, 0) is 6.42 Å². The van der Waals surface area contributed by atoms with Crippen molar-refractivity contribution in [1.82, 2.24) is 0 Å². The van der Waals surface area contributed by atoms with Crippen molar-refractivity contribution in [2.75, 3.05) is 0 Å². The second-order valence-corrected chi connectivity index (χ2v) is 2.32. The van der Waals surface area contributed by atoms with Crippen molar-refractivity contribution in [2.45, 2.75) is 25.0 Å². The molecule has 0 heterocycles. The summed E-state index contributed by atoms with van der Waals surface area (Å²) in [6, 6.07) is 0. The smallest absolute Gasteiger partial charge is 0.339 e. The third kappa shape index (κ3) is 1.72. The van der Waals surface area contributed by atoms with Crippen molar-refractivity contribution >= 4 is 11.9 Å². The first-order chi connectivity index (χ1) is 5.36. The summed E-state index contributed by atoms with van der Waals surface area (Å²) in [5.41, 5.74) is -2.61. The van der Waals surface area contributed by atoms with Crippen LogP contribution in [0.25, 0.3) is 0 Å². The lowest BCUT2D eigenvalue weighted by atomic mass is 9.94. The average molecular weight is 178 g/mol. The number of carboxylic acid groups (broad SMARTS) is 2. The molecule has 0 aromatic rings. The minimum atomic E-state index is -2.61. The first kappa shape index (κ1) is 10.9. The normalized spacial score (nSPS) is 17.9. The predicted molar refractivity (Wildman–Crippen MR) is 36.5 cm³/mol. The molecule has 0 aliphatic rings. The van der Waals surface area contributed by atoms with E-state index in [1.54, 1.807) is 0 Å². The molecule has 0 aliphatic carbocycles. The van der Waals surface area contributed by atoms with Crippen LogP contribution in [0, 0.1) is 0 Å². The molecule has 6 nitrogen and oxygen atoms in total. The lowest BCUT2D eigenvalue weighted by molar-refractivity contribution is -0.183. The molecule has 0 aromatic carbocycles. The molecule has 0 unspecified atom stereocenters. The van der Waals surface area contributed by atoms with Crippen molar-refractivity contribution in [3.8, 4) is 0 Å². The maximum absolute atomic E-state index is 10.3. The van der Waals surface area contributed by atoms with Gasteiger partial charge in [-0.3, -0.25) is 0 Å². The number of hydrogen-bond donors (Lipinski definition) is 4. The van der Waals surface area contributed by atoms with E-state index in [1.807, 2.05) is 0 Å². The first-order valence-electron chi connectivity index (χ1n) is 3.23. The van der Waals surface area contributed by atoms with Gasteiger partial charge in [-0.2, -0.15) is 0 Å². The minimum Gasteiger partial charge on any atom is -0.479 e. The van der Waals surface area contributed by atoms with Crippen molar-refractivity contribution in [2.24, 2.45) is 0 Å². The van der Waals surface area contributed by atoms with Crippen molar-refractivity contribution in [3.05, 3.63) is 0 Å². The number of rotatable bonds is 4. The highest BCUT2D eigenvalue weighted by atomic mass is 16.4. The molecular formula is C6H10O6. The van der Waals surface area contributed by atoms with Gasteiger partial charge < -0.3 is 20.4 Å². The topological polar surface area (TPSA) is 115 Å². The maximum Gasteiger partial charge on any atom is 0.339 e.